The summed E-state index contributed by atoms with van der Waals surface area (Å²) in [5, 5.41) is 0.384. The second kappa shape index (κ2) is 6.00. The largest absolute Gasteiger partial charge is 0.370 e. The fourth-order valence-corrected chi connectivity index (χ4v) is 1.95. The van der Waals surface area contributed by atoms with Crippen LogP contribution in [0.3, 0.4) is 0 Å². The van der Waals surface area contributed by atoms with Crippen molar-refractivity contribution in [1.29, 1.82) is 0 Å². The number of nitrogens with one attached hydrogen (secondary N) is 2. The van der Waals surface area contributed by atoms with Gasteiger partial charge < -0.3 is 4.74 Å². The topological polar surface area (TPSA) is 42.8 Å². The van der Waals surface area contributed by atoms with E-state index in [1.54, 1.807) is 0 Å². The van der Waals surface area contributed by atoms with E-state index in [0.29, 0.717) is 13.2 Å². The van der Waals surface area contributed by atoms with Crippen LogP contribution in [0.25, 0.3) is 0 Å². The molecule has 0 saturated carbocycles. The zero-order valence-corrected chi connectivity index (χ0v) is 10.2. The lowest BCUT2D eigenvalue weighted by molar-refractivity contribution is -0.943. The molecular formula is C12H16ClN2O2+. The Labute approximate surface area is 105 Å². The Balaban J connectivity index is 1.91. The second-order valence-corrected chi connectivity index (χ2v) is 4.41. The van der Waals surface area contributed by atoms with Gasteiger partial charge >= 0.3 is 0 Å². The third-order valence-electron chi connectivity index (χ3n) is 2.72. The number of morpholine rings is 1. The molecule has 0 radical (unpaired) electrons. The minimum Gasteiger partial charge on any atom is -0.370 e. The second-order valence-electron chi connectivity index (χ2n) is 3.98. The molecule has 1 aromatic carbocycles. The molecule has 4 nitrogen and oxygen atoms in total. The van der Waals surface area contributed by atoms with Gasteiger partial charge in [0.1, 0.15) is 18.5 Å². The van der Waals surface area contributed by atoms with Crippen molar-refractivity contribution in [2.75, 3.05) is 26.3 Å². The van der Waals surface area contributed by atoms with E-state index in [4.69, 9.17) is 16.3 Å². The highest BCUT2D eigenvalue weighted by Crippen LogP contribution is 2.19. The summed E-state index contributed by atoms with van der Waals surface area (Å²) < 4.78 is 5.22. The van der Waals surface area contributed by atoms with Gasteiger partial charge in [-0.25, -0.2) is 10.4 Å². The van der Waals surface area contributed by atoms with E-state index in [2.05, 4.69) is 5.43 Å². The summed E-state index contributed by atoms with van der Waals surface area (Å²) in [5.41, 5.74) is 3.70. The van der Waals surface area contributed by atoms with Crippen molar-refractivity contribution in [2.24, 2.45) is 0 Å². The highest BCUT2D eigenvalue weighted by Gasteiger charge is 2.23. The number of carbonyl (C=O) groups is 1. The molecule has 1 aliphatic heterocycles. The number of alkyl halides is 1. The summed E-state index contributed by atoms with van der Waals surface area (Å²) in [5.74, 6) is -0.158. The lowest BCUT2D eigenvalue weighted by Crippen LogP contribution is -3.21. The molecule has 1 amide bonds. The van der Waals surface area contributed by atoms with Crippen LogP contribution in [0.15, 0.2) is 30.3 Å². The maximum atomic E-state index is 11.9. The molecule has 17 heavy (non-hydrogen) atoms. The molecule has 1 aliphatic rings. The van der Waals surface area contributed by atoms with Crippen LogP contribution < -0.4 is 10.4 Å². The van der Waals surface area contributed by atoms with Gasteiger partial charge in [0.2, 0.25) is 0 Å². The molecule has 0 aromatic heterocycles. The van der Waals surface area contributed by atoms with Crippen LogP contribution in [0.2, 0.25) is 0 Å². The predicted molar refractivity (Wildman–Crippen MR) is 64.7 cm³/mol. The molecule has 1 heterocycles. The highest BCUT2D eigenvalue weighted by molar-refractivity contribution is 6.30. The van der Waals surface area contributed by atoms with Gasteiger partial charge in [0, 0.05) is 0 Å². The number of ether oxygens (including phenoxy) is 1. The zero-order chi connectivity index (χ0) is 12.1. The van der Waals surface area contributed by atoms with Crippen molar-refractivity contribution in [1.82, 2.24) is 5.43 Å². The molecule has 1 atom stereocenters. The van der Waals surface area contributed by atoms with E-state index in [-0.39, 0.29) is 5.91 Å². The molecule has 0 spiro atoms. The SMILES string of the molecule is O=C(N[NH+]1CCOCC1)C(Cl)c1ccccc1. The minimum atomic E-state index is -0.633. The normalized spacial score (nSPS) is 18.6. The van der Waals surface area contributed by atoms with E-state index >= 15 is 0 Å². The number of quaternary nitrogens is 1. The first-order chi connectivity index (χ1) is 8.27. The minimum absolute atomic E-state index is 0.158. The monoisotopic (exact) mass is 255 g/mol. The number of carbonyl (C=O) groups excluding carboxylic acids is 1. The van der Waals surface area contributed by atoms with E-state index < -0.39 is 5.38 Å². The number of hydrogen-bond acceptors (Lipinski definition) is 2. The Morgan fingerprint density at radius 3 is 2.59 bits per heavy atom. The number of hydrogen-bond donors (Lipinski definition) is 2. The van der Waals surface area contributed by atoms with Gasteiger partial charge in [-0.05, 0) is 5.56 Å². The van der Waals surface area contributed by atoms with Crippen molar-refractivity contribution >= 4 is 17.5 Å². The quantitative estimate of drug-likeness (QED) is 0.742. The van der Waals surface area contributed by atoms with Gasteiger partial charge in [-0.15, -0.1) is 11.6 Å². The van der Waals surface area contributed by atoms with Crippen molar-refractivity contribution in [2.45, 2.75) is 5.38 Å². The Hall–Kier alpha value is -1.10. The maximum absolute atomic E-state index is 11.9. The number of rotatable bonds is 3. The van der Waals surface area contributed by atoms with Crippen molar-refractivity contribution in [3.8, 4) is 0 Å². The average molecular weight is 256 g/mol. The third-order valence-corrected chi connectivity index (χ3v) is 3.17. The van der Waals surface area contributed by atoms with Crippen LogP contribution in [-0.4, -0.2) is 32.2 Å². The lowest BCUT2D eigenvalue weighted by atomic mass is 10.1. The van der Waals surface area contributed by atoms with Gasteiger partial charge in [0.05, 0.1) is 13.2 Å². The molecule has 2 N–H and O–H groups in total. The predicted octanol–water partition coefficient (Wildman–Crippen LogP) is -0.0872. The molecule has 1 saturated heterocycles. The van der Waals surface area contributed by atoms with E-state index in [9.17, 15) is 4.79 Å². The molecule has 1 aromatic rings. The van der Waals surface area contributed by atoms with E-state index in [1.165, 1.54) is 0 Å². The zero-order valence-electron chi connectivity index (χ0n) is 9.49. The van der Waals surface area contributed by atoms with Crippen LogP contribution in [-0.2, 0) is 9.53 Å². The molecule has 0 aliphatic carbocycles. The molecule has 1 unspecified atom stereocenters. The van der Waals surface area contributed by atoms with Gasteiger partial charge in [-0.3, -0.25) is 4.79 Å². The van der Waals surface area contributed by atoms with E-state index in [1.807, 2.05) is 30.3 Å². The smallest absolute Gasteiger partial charge is 0.287 e. The number of amides is 1. The van der Waals surface area contributed by atoms with Crippen LogP contribution in [0.5, 0.6) is 0 Å². The van der Waals surface area contributed by atoms with Crippen molar-refractivity contribution in [3.05, 3.63) is 35.9 Å². The molecule has 5 heteroatoms. The standard InChI is InChI=1S/C12H15ClN2O2/c13-11(10-4-2-1-3-5-10)12(16)14-15-6-8-17-9-7-15/h1-5,11H,6-9H2,(H,14,16)/p+1. The Kier molecular flexibility index (Phi) is 4.36. The van der Waals surface area contributed by atoms with Crippen molar-refractivity contribution in [3.63, 3.8) is 0 Å². The molecule has 1 fully saturated rings. The Bertz CT molecular complexity index is 366. The summed E-state index contributed by atoms with van der Waals surface area (Å²) in [7, 11) is 0. The fourth-order valence-electron chi connectivity index (χ4n) is 1.75. The fraction of sp³-hybridized carbons (Fsp3) is 0.417. The molecule has 92 valence electrons. The Morgan fingerprint density at radius 2 is 1.94 bits per heavy atom. The Morgan fingerprint density at radius 1 is 1.29 bits per heavy atom. The van der Waals surface area contributed by atoms with Crippen LogP contribution in [0, 0.1) is 0 Å². The van der Waals surface area contributed by atoms with Crippen LogP contribution in [0.4, 0.5) is 0 Å². The van der Waals surface area contributed by atoms with E-state index in [0.717, 1.165) is 23.7 Å². The van der Waals surface area contributed by atoms with Gasteiger partial charge in [0.15, 0.2) is 0 Å². The molecule has 2 rings (SSSR count). The highest BCUT2D eigenvalue weighted by atomic mass is 35.5. The summed E-state index contributed by atoms with van der Waals surface area (Å²) in [4.78, 5) is 11.9. The first-order valence-electron chi connectivity index (χ1n) is 5.69. The molecular weight excluding hydrogens is 240 g/mol. The van der Waals surface area contributed by atoms with Gasteiger partial charge in [-0.1, -0.05) is 30.3 Å². The maximum Gasteiger partial charge on any atom is 0.287 e. The number of halogens is 1. The third kappa shape index (κ3) is 3.43. The van der Waals surface area contributed by atoms with Crippen LogP contribution >= 0.6 is 11.6 Å². The summed E-state index contributed by atoms with van der Waals surface area (Å²) >= 11 is 6.12. The first kappa shape index (κ1) is 12.4. The molecule has 0 bridgehead atoms. The van der Waals surface area contributed by atoms with Gasteiger partial charge in [0.25, 0.3) is 5.91 Å². The average Bonchev–Trinajstić information content (AvgIpc) is 2.40. The van der Waals surface area contributed by atoms with Gasteiger partial charge in [-0.2, -0.15) is 0 Å². The summed E-state index contributed by atoms with van der Waals surface area (Å²) in [6.45, 7) is 2.91. The summed E-state index contributed by atoms with van der Waals surface area (Å²) in [6.07, 6.45) is 0. The van der Waals surface area contributed by atoms with Crippen molar-refractivity contribution < 1.29 is 14.5 Å². The number of benzene rings is 1. The first-order valence-corrected chi connectivity index (χ1v) is 6.13. The summed E-state index contributed by atoms with van der Waals surface area (Å²) in [6, 6.07) is 9.36. The lowest BCUT2D eigenvalue weighted by Gasteiger charge is -2.24. The van der Waals surface area contributed by atoms with Crippen LogP contribution in [0.1, 0.15) is 10.9 Å².